The minimum absolute atomic E-state index is 0.0120. The van der Waals surface area contributed by atoms with Crippen molar-refractivity contribution in [1.82, 2.24) is 9.97 Å². The molecule has 4 nitrogen and oxygen atoms in total. The Morgan fingerprint density at radius 3 is 2.93 bits per heavy atom. The van der Waals surface area contributed by atoms with Crippen molar-refractivity contribution in [2.75, 3.05) is 0 Å². The van der Waals surface area contributed by atoms with E-state index in [1.54, 1.807) is 0 Å². The Morgan fingerprint density at radius 2 is 2.27 bits per heavy atom. The van der Waals surface area contributed by atoms with Crippen molar-refractivity contribution in [1.29, 1.82) is 0 Å². The summed E-state index contributed by atoms with van der Waals surface area (Å²) in [7, 11) is 0. The quantitative estimate of drug-likeness (QED) is 0.784. The number of carboxylic acids is 1. The van der Waals surface area contributed by atoms with Crippen LogP contribution in [0.4, 0.5) is 0 Å². The van der Waals surface area contributed by atoms with E-state index in [9.17, 15) is 4.79 Å². The average Bonchev–Trinajstić information content (AvgIpc) is 2.96. The van der Waals surface area contributed by atoms with E-state index in [-0.39, 0.29) is 5.82 Å². The van der Waals surface area contributed by atoms with Crippen molar-refractivity contribution in [2.45, 2.75) is 18.8 Å². The van der Waals surface area contributed by atoms with E-state index in [0.717, 1.165) is 11.0 Å². The number of aromatic carboxylic acids is 1. The number of nitrogens with zero attached hydrogens (tertiary/aromatic N) is 1. The number of H-pyrrole nitrogens is 1. The van der Waals surface area contributed by atoms with Gasteiger partial charge < -0.3 is 10.1 Å². The van der Waals surface area contributed by atoms with Crippen LogP contribution in [0.1, 0.15) is 34.9 Å². The number of carbonyl (C=O) groups is 1. The van der Waals surface area contributed by atoms with Gasteiger partial charge in [-0.15, -0.1) is 0 Å². The van der Waals surface area contributed by atoms with Crippen LogP contribution in [0, 0.1) is 0 Å². The molecule has 0 saturated heterocycles. The Morgan fingerprint density at radius 1 is 1.47 bits per heavy atom. The Bertz CT molecular complexity index is 541. The highest BCUT2D eigenvalue weighted by Gasteiger charge is 2.23. The number of fused-ring (bicyclic) bond motifs is 1. The summed E-state index contributed by atoms with van der Waals surface area (Å²) in [6, 6.07) is 5.92. The number of imidazole rings is 1. The van der Waals surface area contributed by atoms with Gasteiger partial charge in [0.25, 0.3) is 0 Å². The van der Waals surface area contributed by atoms with Gasteiger partial charge >= 0.3 is 5.97 Å². The molecule has 1 saturated carbocycles. The third-order valence-electron chi connectivity index (χ3n) is 2.76. The molecular weight excluding hydrogens is 192 g/mol. The fourth-order valence-electron chi connectivity index (χ4n) is 1.80. The number of aromatic amines is 1. The second-order valence-electron chi connectivity index (χ2n) is 3.94. The summed E-state index contributed by atoms with van der Waals surface area (Å²) in [6.45, 7) is 0. The maximum atomic E-state index is 10.7. The number of benzene rings is 1. The molecule has 0 amide bonds. The molecule has 2 N–H and O–H groups in total. The van der Waals surface area contributed by atoms with Crippen molar-refractivity contribution in [3.8, 4) is 0 Å². The highest BCUT2D eigenvalue weighted by Crippen LogP contribution is 2.40. The number of hydrogen-bond donors (Lipinski definition) is 2. The summed E-state index contributed by atoms with van der Waals surface area (Å²) < 4.78 is 0. The van der Waals surface area contributed by atoms with Gasteiger partial charge in [0.05, 0.1) is 11.0 Å². The monoisotopic (exact) mass is 202 g/mol. The molecule has 1 aromatic carbocycles. The van der Waals surface area contributed by atoms with Crippen molar-refractivity contribution < 1.29 is 9.90 Å². The molecule has 0 spiro atoms. The van der Waals surface area contributed by atoms with E-state index in [1.165, 1.54) is 18.4 Å². The maximum Gasteiger partial charge on any atom is 0.371 e. The highest BCUT2D eigenvalue weighted by atomic mass is 16.4. The zero-order valence-corrected chi connectivity index (χ0v) is 8.03. The summed E-state index contributed by atoms with van der Waals surface area (Å²) in [4.78, 5) is 17.5. The Labute approximate surface area is 86.0 Å². The first-order valence-corrected chi connectivity index (χ1v) is 4.97. The van der Waals surface area contributed by atoms with Gasteiger partial charge in [0.2, 0.25) is 5.82 Å². The van der Waals surface area contributed by atoms with Crippen LogP contribution in [0.3, 0.4) is 0 Å². The zero-order valence-electron chi connectivity index (χ0n) is 8.03. The predicted molar refractivity (Wildman–Crippen MR) is 55.0 cm³/mol. The molecule has 1 aromatic heterocycles. The number of aromatic nitrogens is 2. The smallest absolute Gasteiger partial charge is 0.371 e. The molecule has 0 unspecified atom stereocenters. The summed E-state index contributed by atoms with van der Waals surface area (Å²) in [5, 5.41) is 8.78. The van der Waals surface area contributed by atoms with E-state index in [4.69, 9.17) is 5.11 Å². The van der Waals surface area contributed by atoms with Crippen LogP contribution in [0.25, 0.3) is 11.0 Å². The fraction of sp³-hybridized carbons (Fsp3) is 0.273. The lowest BCUT2D eigenvalue weighted by atomic mass is 10.1. The van der Waals surface area contributed by atoms with Gasteiger partial charge in [-0.1, -0.05) is 6.07 Å². The average molecular weight is 202 g/mol. The number of carboxylic acid groups (broad SMARTS) is 1. The molecule has 4 heteroatoms. The van der Waals surface area contributed by atoms with Gasteiger partial charge in [-0.2, -0.15) is 0 Å². The Balaban J connectivity index is 2.13. The SMILES string of the molecule is O=C(O)c1nc2ccc(C3CC3)cc2[nH]1. The van der Waals surface area contributed by atoms with Crippen molar-refractivity contribution in [3.63, 3.8) is 0 Å². The molecule has 1 heterocycles. The fourth-order valence-corrected chi connectivity index (χ4v) is 1.80. The minimum Gasteiger partial charge on any atom is -0.475 e. The van der Waals surface area contributed by atoms with Crippen LogP contribution in [-0.4, -0.2) is 21.0 Å². The first kappa shape index (κ1) is 8.47. The van der Waals surface area contributed by atoms with E-state index in [2.05, 4.69) is 9.97 Å². The zero-order chi connectivity index (χ0) is 10.4. The van der Waals surface area contributed by atoms with Gasteiger partial charge in [-0.3, -0.25) is 0 Å². The lowest BCUT2D eigenvalue weighted by molar-refractivity contribution is 0.0685. The molecule has 0 aliphatic heterocycles. The largest absolute Gasteiger partial charge is 0.475 e. The van der Waals surface area contributed by atoms with Gasteiger partial charge in [0.1, 0.15) is 0 Å². The van der Waals surface area contributed by atoms with Crippen molar-refractivity contribution >= 4 is 17.0 Å². The van der Waals surface area contributed by atoms with E-state index >= 15 is 0 Å². The van der Waals surface area contributed by atoms with E-state index in [0.29, 0.717) is 5.92 Å². The number of nitrogens with one attached hydrogen (secondary N) is 1. The predicted octanol–water partition coefficient (Wildman–Crippen LogP) is 2.14. The molecule has 76 valence electrons. The lowest BCUT2D eigenvalue weighted by Gasteiger charge is -1.95. The lowest BCUT2D eigenvalue weighted by Crippen LogP contribution is -1.97. The second kappa shape index (κ2) is 2.82. The summed E-state index contributed by atoms with van der Waals surface area (Å²) in [5.74, 6) is -0.330. The van der Waals surface area contributed by atoms with Crippen LogP contribution in [0.5, 0.6) is 0 Å². The molecule has 0 bridgehead atoms. The van der Waals surface area contributed by atoms with Crippen LogP contribution in [0.2, 0.25) is 0 Å². The van der Waals surface area contributed by atoms with Crippen molar-refractivity contribution in [2.24, 2.45) is 0 Å². The number of rotatable bonds is 2. The standard InChI is InChI=1S/C11H10N2O2/c14-11(15)10-12-8-4-3-7(6-1-2-6)5-9(8)13-10/h3-6H,1-2H2,(H,12,13)(H,14,15). The second-order valence-corrected chi connectivity index (χ2v) is 3.94. The third-order valence-corrected chi connectivity index (χ3v) is 2.76. The first-order valence-electron chi connectivity index (χ1n) is 4.97. The van der Waals surface area contributed by atoms with Gasteiger partial charge in [0, 0.05) is 0 Å². The van der Waals surface area contributed by atoms with Crippen LogP contribution in [-0.2, 0) is 0 Å². The summed E-state index contributed by atoms with van der Waals surface area (Å²) >= 11 is 0. The molecule has 1 fully saturated rings. The Kier molecular flexibility index (Phi) is 1.59. The van der Waals surface area contributed by atoms with Crippen LogP contribution in [0.15, 0.2) is 18.2 Å². The van der Waals surface area contributed by atoms with Crippen LogP contribution >= 0.6 is 0 Å². The molecule has 1 aliphatic carbocycles. The number of hydrogen-bond acceptors (Lipinski definition) is 2. The van der Waals surface area contributed by atoms with E-state index < -0.39 is 5.97 Å². The molecule has 2 aromatic rings. The molecule has 1 aliphatic rings. The summed E-state index contributed by atoms with van der Waals surface area (Å²) in [5.41, 5.74) is 2.82. The van der Waals surface area contributed by atoms with Crippen molar-refractivity contribution in [3.05, 3.63) is 29.6 Å². The molecular formula is C11H10N2O2. The molecule has 0 radical (unpaired) electrons. The van der Waals surface area contributed by atoms with Crippen LogP contribution < -0.4 is 0 Å². The maximum absolute atomic E-state index is 10.7. The normalized spacial score (nSPS) is 15.7. The molecule has 3 rings (SSSR count). The molecule has 15 heavy (non-hydrogen) atoms. The highest BCUT2D eigenvalue weighted by molar-refractivity contribution is 5.89. The van der Waals surface area contributed by atoms with Gasteiger partial charge in [0.15, 0.2) is 0 Å². The van der Waals surface area contributed by atoms with Gasteiger partial charge in [-0.05, 0) is 36.5 Å². The van der Waals surface area contributed by atoms with E-state index in [1.807, 2.05) is 18.2 Å². The Hall–Kier alpha value is -1.84. The first-order chi connectivity index (χ1) is 7.24. The third kappa shape index (κ3) is 1.38. The molecule has 0 atom stereocenters. The summed E-state index contributed by atoms with van der Waals surface area (Å²) in [6.07, 6.45) is 2.48. The topological polar surface area (TPSA) is 66.0 Å². The van der Waals surface area contributed by atoms with Gasteiger partial charge in [-0.25, -0.2) is 9.78 Å². The minimum atomic E-state index is -1.01.